The first-order valence-electron chi connectivity index (χ1n) is 13.0. The first-order valence-corrected chi connectivity index (χ1v) is 13.0. The van der Waals surface area contributed by atoms with Crippen molar-refractivity contribution in [2.45, 2.75) is 0 Å². The Bertz CT molecular complexity index is 2380. The van der Waals surface area contributed by atoms with Gasteiger partial charge in [-0.1, -0.05) is 42.5 Å². The van der Waals surface area contributed by atoms with Crippen LogP contribution in [0.1, 0.15) is 0 Å². The molecule has 0 amide bonds. The lowest BCUT2D eigenvalue weighted by molar-refractivity contribution is 0.483. The van der Waals surface area contributed by atoms with Crippen molar-refractivity contribution in [3.05, 3.63) is 115 Å². The number of benzene rings is 4. The lowest BCUT2D eigenvalue weighted by Gasteiger charge is -2.08. The van der Waals surface area contributed by atoms with Gasteiger partial charge in [-0.25, -0.2) is 28.2 Å². The molecule has 0 atom stereocenters. The standard InChI is InChI=1S/C32H19N7O/c1-3-13-27-24(11-1)34-30-37-28-14-4-2-12-25(28)35-31(37)39-29-19-22(15-16-26(29)36-32(39)38(27)30)40-21-9-7-8-20(18-21)23-10-5-6-17-33-23/h1-19H. The molecule has 0 radical (unpaired) electrons. The predicted molar refractivity (Wildman–Crippen MR) is 155 cm³/mol. The summed E-state index contributed by atoms with van der Waals surface area (Å²) in [6, 6.07) is 36.1. The van der Waals surface area contributed by atoms with Gasteiger partial charge in [-0.2, -0.15) is 0 Å². The van der Waals surface area contributed by atoms with E-state index in [1.165, 1.54) is 0 Å². The Balaban J connectivity index is 1.31. The van der Waals surface area contributed by atoms with E-state index in [9.17, 15) is 0 Å². The van der Waals surface area contributed by atoms with E-state index in [-0.39, 0.29) is 0 Å². The molecule has 188 valence electrons. The van der Waals surface area contributed by atoms with Crippen molar-refractivity contribution in [3.63, 3.8) is 0 Å². The molecule has 0 saturated heterocycles. The average molecular weight is 518 g/mol. The second kappa shape index (κ2) is 7.87. The van der Waals surface area contributed by atoms with Gasteiger partial charge in [-0.05, 0) is 60.7 Å². The van der Waals surface area contributed by atoms with Gasteiger partial charge in [0.25, 0.3) is 0 Å². The highest BCUT2D eigenvalue weighted by Crippen LogP contribution is 2.32. The first kappa shape index (κ1) is 21.2. The first-order chi connectivity index (χ1) is 19.8. The SMILES string of the molecule is c1ccc(-c2cccc(Oc3ccc4nc5n6c7ccccc7nc6n6c7ccccc7nc6n5c4c3)c2)nc1. The molecule has 0 bridgehead atoms. The van der Waals surface area contributed by atoms with Crippen LogP contribution in [0.15, 0.2) is 115 Å². The second-order valence-corrected chi connectivity index (χ2v) is 9.71. The van der Waals surface area contributed by atoms with Crippen molar-refractivity contribution >= 4 is 50.4 Å². The van der Waals surface area contributed by atoms with E-state index in [1.807, 2.05) is 97.1 Å². The molecular formula is C32H19N7O. The molecule has 0 N–H and O–H groups in total. The van der Waals surface area contributed by atoms with Crippen LogP contribution in [0.25, 0.3) is 61.7 Å². The maximum atomic E-state index is 6.37. The van der Waals surface area contributed by atoms with Crippen LogP contribution in [-0.2, 0) is 0 Å². The zero-order chi connectivity index (χ0) is 26.2. The van der Waals surface area contributed by atoms with Crippen LogP contribution in [0.3, 0.4) is 0 Å². The monoisotopic (exact) mass is 517 g/mol. The fourth-order valence-electron chi connectivity index (χ4n) is 5.56. The molecule has 8 nitrogen and oxygen atoms in total. The number of pyridine rings is 1. The van der Waals surface area contributed by atoms with Crippen molar-refractivity contribution in [1.29, 1.82) is 0 Å². The lowest BCUT2D eigenvalue weighted by Crippen LogP contribution is -2.04. The molecule has 8 heteroatoms. The number of imidazole rings is 3. The fourth-order valence-corrected chi connectivity index (χ4v) is 5.56. The zero-order valence-electron chi connectivity index (χ0n) is 21.0. The third-order valence-corrected chi connectivity index (χ3v) is 7.32. The minimum atomic E-state index is 0.706. The van der Waals surface area contributed by atoms with Crippen LogP contribution in [0.2, 0.25) is 0 Å². The molecule has 5 heterocycles. The van der Waals surface area contributed by atoms with Crippen LogP contribution in [0.4, 0.5) is 0 Å². The third kappa shape index (κ3) is 2.95. The van der Waals surface area contributed by atoms with E-state index >= 15 is 0 Å². The molecule has 0 unspecified atom stereocenters. The molecular weight excluding hydrogens is 498 g/mol. The van der Waals surface area contributed by atoms with Crippen molar-refractivity contribution in [2.75, 3.05) is 0 Å². The average Bonchev–Trinajstić information content (AvgIpc) is 3.68. The van der Waals surface area contributed by atoms with Gasteiger partial charge in [0, 0.05) is 17.8 Å². The van der Waals surface area contributed by atoms with Crippen molar-refractivity contribution < 1.29 is 4.74 Å². The summed E-state index contributed by atoms with van der Waals surface area (Å²) >= 11 is 0. The number of ether oxygens (including phenoxy) is 1. The molecule has 9 aromatic rings. The Morgan fingerprint density at radius 2 is 1.07 bits per heavy atom. The maximum Gasteiger partial charge on any atom is 0.225 e. The van der Waals surface area contributed by atoms with Crippen molar-refractivity contribution in [1.82, 2.24) is 33.1 Å². The zero-order valence-corrected chi connectivity index (χ0v) is 21.0. The molecule has 9 rings (SSSR count). The Morgan fingerprint density at radius 3 is 1.75 bits per heavy atom. The summed E-state index contributed by atoms with van der Waals surface area (Å²) in [5, 5.41) is 0. The number of hydrogen-bond donors (Lipinski definition) is 0. The van der Waals surface area contributed by atoms with Crippen LogP contribution < -0.4 is 4.74 Å². The van der Waals surface area contributed by atoms with Crippen molar-refractivity contribution in [2.24, 2.45) is 0 Å². The van der Waals surface area contributed by atoms with Gasteiger partial charge in [0.05, 0.1) is 38.8 Å². The molecule has 5 aromatic heterocycles. The summed E-state index contributed by atoms with van der Waals surface area (Å²) in [7, 11) is 0. The Morgan fingerprint density at radius 1 is 0.475 bits per heavy atom. The second-order valence-electron chi connectivity index (χ2n) is 9.71. The minimum absolute atomic E-state index is 0.706. The van der Waals surface area contributed by atoms with Gasteiger partial charge < -0.3 is 4.74 Å². The maximum absolute atomic E-state index is 6.37. The predicted octanol–water partition coefficient (Wildman–Crippen LogP) is 6.94. The summed E-state index contributed by atoms with van der Waals surface area (Å²) < 4.78 is 12.7. The molecule has 0 fully saturated rings. The van der Waals surface area contributed by atoms with E-state index < -0.39 is 0 Å². The fraction of sp³-hybridized carbons (Fsp3) is 0. The van der Waals surface area contributed by atoms with E-state index in [0.29, 0.717) is 5.75 Å². The van der Waals surface area contributed by atoms with Crippen LogP contribution in [0.5, 0.6) is 11.5 Å². The number of hydrogen-bond acceptors (Lipinski definition) is 5. The number of fused-ring (bicyclic) bond motifs is 12. The van der Waals surface area contributed by atoms with Crippen LogP contribution >= 0.6 is 0 Å². The molecule has 0 saturated carbocycles. The summed E-state index contributed by atoms with van der Waals surface area (Å²) in [4.78, 5) is 19.6. The number of para-hydroxylation sites is 4. The summed E-state index contributed by atoms with van der Waals surface area (Å²) in [6.07, 6.45) is 1.79. The number of nitrogens with zero attached hydrogens (tertiary/aromatic N) is 7. The van der Waals surface area contributed by atoms with E-state index in [1.54, 1.807) is 6.20 Å². The van der Waals surface area contributed by atoms with E-state index in [0.717, 1.165) is 67.4 Å². The van der Waals surface area contributed by atoms with E-state index in [4.69, 9.17) is 19.7 Å². The number of aromatic nitrogens is 7. The van der Waals surface area contributed by atoms with Gasteiger partial charge in [-0.15, -0.1) is 0 Å². The smallest absolute Gasteiger partial charge is 0.225 e. The Labute approximate surface area is 226 Å². The summed E-state index contributed by atoms with van der Waals surface area (Å²) in [5.41, 5.74) is 7.40. The summed E-state index contributed by atoms with van der Waals surface area (Å²) in [5.74, 6) is 3.70. The van der Waals surface area contributed by atoms with E-state index in [2.05, 4.69) is 30.3 Å². The Hall–Kier alpha value is -5.76. The lowest BCUT2D eigenvalue weighted by atomic mass is 10.1. The van der Waals surface area contributed by atoms with Crippen molar-refractivity contribution in [3.8, 4) is 22.8 Å². The molecule has 4 aromatic carbocycles. The summed E-state index contributed by atoms with van der Waals surface area (Å²) in [6.45, 7) is 0. The van der Waals surface area contributed by atoms with Gasteiger partial charge in [0.2, 0.25) is 17.3 Å². The molecule has 0 aliphatic heterocycles. The highest BCUT2D eigenvalue weighted by molar-refractivity contribution is 5.91. The molecule has 0 aliphatic rings. The van der Waals surface area contributed by atoms with Gasteiger partial charge in [0.1, 0.15) is 11.5 Å². The topological polar surface area (TPSA) is 74.0 Å². The van der Waals surface area contributed by atoms with Gasteiger partial charge in [-0.3, -0.25) is 4.98 Å². The highest BCUT2D eigenvalue weighted by Gasteiger charge is 2.20. The number of rotatable bonds is 3. The molecule has 40 heavy (non-hydrogen) atoms. The Kier molecular flexibility index (Phi) is 4.17. The molecule has 0 spiro atoms. The van der Waals surface area contributed by atoms with Crippen LogP contribution in [-0.4, -0.2) is 33.1 Å². The normalized spacial score (nSPS) is 12.0. The van der Waals surface area contributed by atoms with Crippen LogP contribution in [0, 0.1) is 0 Å². The largest absolute Gasteiger partial charge is 0.457 e. The van der Waals surface area contributed by atoms with Gasteiger partial charge >= 0.3 is 0 Å². The van der Waals surface area contributed by atoms with Gasteiger partial charge in [0.15, 0.2) is 0 Å². The molecule has 0 aliphatic carbocycles. The quantitative estimate of drug-likeness (QED) is 0.254. The third-order valence-electron chi connectivity index (χ3n) is 7.32. The highest BCUT2D eigenvalue weighted by atomic mass is 16.5. The minimum Gasteiger partial charge on any atom is -0.457 e.